The molecule has 0 fully saturated rings. The largest absolute Gasteiger partial charge is 0.395 e. The molecule has 0 aliphatic heterocycles. The minimum atomic E-state index is 0.131. The second-order valence-electron chi connectivity index (χ2n) is 4.76. The summed E-state index contributed by atoms with van der Waals surface area (Å²) in [5, 5.41) is 12.8. The van der Waals surface area contributed by atoms with Gasteiger partial charge in [-0.1, -0.05) is 60.7 Å². The van der Waals surface area contributed by atoms with Gasteiger partial charge in [0.05, 0.1) is 6.61 Å². The third-order valence-corrected chi connectivity index (χ3v) is 3.23. The Morgan fingerprint density at radius 3 is 2.00 bits per heavy atom. The Bertz CT molecular complexity index is 455. The maximum atomic E-state index is 9.42. The topological polar surface area (TPSA) is 32.3 Å². The van der Waals surface area contributed by atoms with E-state index in [0.717, 1.165) is 19.4 Å². The van der Waals surface area contributed by atoms with Crippen LogP contribution >= 0.6 is 0 Å². The summed E-state index contributed by atoms with van der Waals surface area (Å²) >= 11 is 0. The molecule has 0 aliphatic carbocycles. The van der Waals surface area contributed by atoms with E-state index in [9.17, 15) is 5.11 Å². The fourth-order valence-electron chi connectivity index (χ4n) is 2.17. The molecule has 0 heterocycles. The van der Waals surface area contributed by atoms with Crippen molar-refractivity contribution in [1.82, 2.24) is 5.32 Å². The first kappa shape index (κ1) is 13.8. The van der Waals surface area contributed by atoms with Crippen molar-refractivity contribution in [2.45, 2.75) is 18.9 Å². The molecule has 0 aliphatic rings. The molecule has 2 nitrogen and oxygen atoms in total. The molecule has 2 N–H and O–H groups in total. The van der Waals surface area contributed by atoms with E-state index in [0.29, 0.717) is 0 Å². The van der Waals surface area contributed by atoms with Crippen LogP contribution in [0.1, 0.15) is 11.1 Å². The van der Waals surface area contributed by atoms with Crippen molar-refractivity contribution in [2.75, 3.05) is 13.2 Å². The van der Waals surface area contributed by atoms with E-state index in [-0.39, 0.29) is 12.6 Å². The first-order valence-corrected chi connectivity index (χ1v) is 6.80. The molecule has 0 aromatic heterocycles. The fourth-order valence-corrected chi connectivity index (χ4v) is 2.17. The average molecular weight is 255 g/mol. The van der Waals surface area contributed by atoms with Crippen LogP contribution in [0.3, 0.4) is 0 Å². The highest BCUT2D eigenvalue weighted by atomic mass is 16.3. The Hall–Kier alpha value is -1.64. The number of nitrogens with one attached hydrogen (secondary N) is 1. The normalized spacial score (nSPS) is 12.3. The summed E-state index contributed by atoms with van der Waals surface area (Å²) in [6, 6.07) is 20.8. The van der Waals surface area contributed by atoms with Crippen LogP contribution in [0.4, 0.5) is 0 Å². The number of benzene rings is 2. The highest BCUT2D eigenvalue weighted by molar-refractivity contribution is 5.16. The summed E-state index contributed by atoms with van der Waals surface area (Å²) < 4.78 is 0. The van der Waals surface area contributed by atoms with Gasteiger partial charge in [-0.15, -0.1) is 0 Å². The van der Waals surface area contributed by atoms with Crippen molar-refractivity contribution in [3.63, 3.8) is 0 Å². The van der Waals surface area contributed by atoms with E-state index in [2.05, 4.69) is 41.7 Å². The summed E-state index contributed by atoms with van der Waals surface area (Å²) in [6.07, 6.45) is 1.86. The highest BCUT2D eigenvalue weighted by Gasteiger charge is 2.07. The van der Waals surface area contributed by atoms with Crippen LogP contribution < -0.4 is 5.32 Å². The molecule has 19 heavy (non-hydrogen) atoms. The predicted molar refractivity (Wildman–Crippen MR) is 79.2 cm³/mol. The van der Waals surface area contributed by atoms with E-state index in [1.165, 1.54) is 11.1 Å². The van der Waals surface area contributed by atoms with E-state index in [1.807, 2.05) is 24.3 Å². The molecule has 2 heteroatoms. The van der Waals surface area contributed by atoms with E-state index in [4.69, 9.17) is 0 Å². The van der Waals surface area contributed by atoms with Gasteiger partial charge >= 0.3 is 0 Å². The first-order chi connectivity index (χ1) is 9.38. The number of aliphatic hydroxyl groups is 1. The smallest absolute Gasteiger partial charge is 0.0587 e. The number of hydrogen-bond acceptors (Lipinski definition) is 2. The van der Waals surface area contributed by atoms with Crippen molar-refractivity contribution in [3.05, 3.63) is 71.8 Å². The minimum absolute atomic E-state index is 0.131. The lowest BCUT2D eigenvalue weighted by atomic mass is 10.1. The molecule has 2 aromatic rings. The van der Waals surface area contributed by atoms with Crippen LogP contribution in [0.2, 0.25) is 0 Å². The predicted octanol–water partition coefficient (Wildman–Crippen LogP) is 2.42. The summed E-state index contributed by atoms with van der Waals surface area (Å²) in [6.45, 7) is 1.06. The Labute approximate surface area is 115 Å². The Morgan fingerprint density at radius 2 is 1.42 bits per heavy atom. The van der Waals surface area contributed by atoms with E-state index < -0.39 is 0 Å². The van der Waals surface area contributed by atoms with Gasteiger partial charge in [0.15, 0.2) is 0 Å². The lowest BCUT2D eigenvalue weighted by molar-refractivity contribution is 0.242. The fraction of sp³-hybridized carbons (Fsp3) is 0.294. The second-order valence-corrected chi connectivity index (χ2v) is 4.76. The van der Waals surface area contributed by atoms with Gasteiger partial charge in [-0.25, -0.2) is 0 Å². The maximum Gasteiger partial charge on any atom is 0.0587 e. The van der Waals surface area contributed by atoms with Crippen LogP contribution in [-0.4, -0.2) is 24.3 Å². The lowest BCUT2D eigenvalue weighted by Gasteiger charge is -2.16. The quantitative estimate of drug-likeness (QED) is 0.796. The summed E-state index contributed by atoms with van der Waals surface area (Å²) in [4.78, 5) is 0. The average Bonchev–Trinajstić information content (AvgIpc) is 2.48. The van der Waals surface area contributed by atoms with Crippen LogP contribution in [0, 0.1) is 0 Å². The minimum Gasteiger partial charge on any atom is -0.395 e. The highest BCUT2D eigenvalue weighted by Crippen LogP contribution is 2.03. The van der Waals surface area contributed by atoms with Gasteiger partial charge in [0.2, 0.25) is 0 Å². The molecule has 0 saturated carbocycles. The number of rotatable bonds is 7. The zero-order valence-corrected chi connectivity index (χ0v) is 11.1. The molecule has 1 atom stereocenters. The van der Waals surface area contributed by atoms with Crippen LogP contribution in [0.5, 0.6) is 0 Å². The number of hydrogen-bond donors (Lipinski definition) is 2. The number of aliphatic hydroxyl groups excluding tert-OH is 1. The molecule has 2 aromatic carbocycles. The van der Waals surface area contributed by atoms with Gasteiger partial charge in [-0.3, -0.25) is 0 Å². The van der Waals surface area contributed by atoms with Gasteiger partial charge in [0, 0.05) is 6.04 Å². The Kier molecular flexibility index (Phi) is 5.60. The maximum absolute atomic E-state index is 9.42. The molecule has 0 amide bonds. The molecular formula is C17H21NO. The van der Waals surface area contributed by atoms with Gasteiger partial charge in [-0.2, -0.15) is 0 Å². The second kappa shape index (κ2) is 7.72. The third-order valence-electron chi connectivity index (χ3n) is 3.23. The third kappa shape index (κ3) is 4.86. The zero-order chi connectivity index (χ0) is 13.3. The molecule has 0 unspecified atom stereocenters. The lowest BCUT2D eigenvalue weighted by Crippen LogP contribution is -2.35. The Balaban J connectivity index is 1.77. The summed E-state index contributed by atoms with van der Waals surface area (Å²) in [7, 11) is 0. The molecule has 0 radical (unpaired) electrons. The van der Waals surface area contributed by atoms with E-state index >= 15 is 0 Å². The van der Waals surface area contributed by atoms with Gasteiger partial charge < -0.3 is 10.4 Å². The SMILES string of the molecule is OC[C@@H](Cc1ccccc1)NCCc1ccccc1. The first-order valence-electron chi connectivity index (χ1n) is 6.80. The van der Waals surface area contributed by atoms with Crippen molar-refractivity contribution in [2.24, 2.45) is 0 Å². The van der Waals surface area contributed by atoms with Gasteiger partial charge in [0.25, 0.3) is 0 Å². The standard InChI is InChI=1S/C17H21NO/c19-14-17(13-16-9-5-2-6-10-16)18-12-11-15-7-3-1-4-8-15/h1-10,17-19H,11-14H2/t17-/m1/s1. The summed E-state index contributed by atoms with van der Waals surface area (Å²) in [5.41, 5.74) is 2.58. The Morgan fingerprint density at radius 1 is 0.842 bits per heavy atom. The van der Waals surface area contributed by atoms with Crippen molar-refractivity contribution in [1.29, 1.82) is 0 Å². The molecule has 0 saturated heterocycles. The molecule has 2 rings (SSSR count). The summed E-state index contributed by atoms with van der Waals surface area (Å²) in [5.74, 6) is 0. The van der Waals surface area contributed by atoms with Crippen molar-refractivity contribution >= 4 is 0 Å². The van der Waals surface area contributed by atoms with Crippen molar-refractivity contribution < 1.29 is 5.11 Å². The molecule has 0 bridgehead atoms. The van der Waals surface area contributed by atoms with Crippen molar-refractivity contribution in [3.8, 4) is 0 Å². The van der Waals surface area contributed by atoms with Gasteiger partial charge in [0.1, 0.15) is 0 Å². The molecule has 0 spiro atoms. The van der Waals surface area contributed by atoms with Crippen LogP contribution in [-0.2, 0) is 12.8 Å². The zero-order valence-electron chi connectivity index (χ0n) is 11.1. The van der Waals surface area contributed by atoms with E-state index in [1.54, 1.807) is 0 Å². The molecular weight excluding hydrogens is 234 g/mol. The monoisotopic (exact) mass is 255 g/mol. The molecule has 100 valence electrons. The van der Waals surface area contributed by atoms with Gasteiger partial charge in [-0.05, 0) is 30.5 Å². The van der Waals surface area contributed by atoms with Crippen LogP contribution in [0.15, 0.2) is 60.7 Å². The van der Waals surface area contributed by atoms with Crippen LogP contribution in [0.25, 0.3) is 0 Å².